The Morgan fingerprint density at radius 1 is 1.29 bits per heavy atom. The standard InChI is InChI=1S/C16H18ClNO3/c17-10-14(11-19)18-5-3-12(4-6-18)13-1-2-15-16(9-13)21-8-7-20-15/h1-3,9,11,14H,4-8,10H2. The van der Waals surface area contributed by atoms with Gasteiger partial charge in [-0.05, 0) is 29.7 Å². The molecule has 0 saturated carbocycles. The van der Waals surface area contributed by atoms with E-state index in [0.717, 1.165) is 42.9 Å². The average molecular weight is 308 g/mol. The Morgan fingerprint density at radius 2 is 2.10 bits per heavy atom. The molecule has 0 N–H and O–H groups in total. The maximum absolute atomic E-state index is 11.0. The summed E-state index contributed by atoms with van der Waals surface area (Å²) < 4.78 is 11.2. The zero-order chi connectivity index (χ0) is 14.7. The summed E-state index contributed by atoms with van der Waals surface area (Å²) in [6.07, 6.45) is 3.99. The number of aldehydes is 1. The van der Waals surface area contributed by atoms with Gasteiger partial charge in [0.15, 0.2) is 11.5 Å². The van der Waals surface area contributed by atoms with Crippen molar-refractivity contribution in [3.05, 3.63) is 29.8 Å². The minimum Gasteiger partial charge on any atom is -0.486 e. The van der Waals surface area contributed by atoms with Crippen LogP contribution in [-0.2, 0) is 4.79 Å². The van der Waals surface area contributed by atoms with Crippen molar-refractivity contribution in [1.82, 2.24) is 4.90 Å². The molecule has 1 unspecified atom stereocenters. The molecule has 2 heterocycles. The molecular weight excluding hydrogens is 290 g/mol. The normalized spacial score (nSPS) is 19.8. The molecule has 1 atom stereocenters. The van der Waals surface area contributed by atoms with Crippen LogP contribution in [0.1, 0.15) is 12.0 Å². The van der Waals surface area contributed by atoms with Gasteiger partial charge in [0, 0.05) is 19.0 Å². The molecule has 0 aromatic heterocycles. The lowest BCUT2D eigenvalue weighted by molar-refractivity contribution is -0.111. The summed E-state index contributed by atoms with van der Waals surface area (Å²) >= 11 is 5.81. The van der Waals surface area contributed by atoms with Gasteiger partial charge in [-0.3, -0.25) is 4.90 Å². The van der Waals surface area contributed by atoms with E-state index in [-0.39, 0.29) is 6.04 Å². The number of halogens is 1. The van der Waals surface area contributed by atoms with Gasteiger partial charge < -0.3 is 14.3 Å². The highest BCUT2D eigenvalue weighted by Gasteiger charge is 2.21. The first-order valence-electron chi connectivity index (χ1n) is 7.16. The van der Waals surface area contributed by atoms with Crippen molar-refractivity contribution in [2.24, 2.45) is 0 Å². The van der Waals surface area contributed by atoms with Crippen LogP contribution in [-0.4, -0.2) is 49.4 Å². The number of alkyl halides is 1. The Balaban J connectivity index is 1.75. The first kappa shape index (κ1) is 14.4. The molecule has 112 valence electrons. The van der Waals surface area contributed by atoms with E-state index in [4.69, 9.17) is 21.1 Å². The van der Waals surface area contributed by atoms with Gasteiger partial charge in [-0.2, -0.15) is 0 Å². The molecule has 21 heavy (non-hydrogen) atoms. The van der Waals surface area contributed by atoms with Crippen molar-refractivity contribution in [2.75, 3.05) is 32.2 Å². The molecule has 3 rings (SSSR count). The van der Waals surface area contributed by atoms with Crippen molar-refractivity contribution < 1.29 is 14.3 Å². The molecule has 0 aliphatic carbocycles. The fourth-order valence-corrected chi connectivity index (χ4v) is 2.98. The van der Waals surface area contributed by atoms with E-state index in [9.17, 15) is 4.79 Å². The number of hydrogen-bond acceptors (Lipinski definition) is 4. The molecule has 1 aromatic carbocycles. The first-order chi connectivity index (χ1) is 10.3. The summed E-state index contributed by atoms with van der Waals surface area (Å²) in [5.41, 5.74) is 2.44. The van der Waals surface area contributed by atoms with E-state index >= 15 is 0 Å². The maximum atomic E-state index is 11.0. The number of benzene rings is 1. The predicted octanol–water partition coefficient (Wildman–Crippen LogP) is 2.35. The molecule has 0 amide bonds. The SMILES string of the molecule is O=CC(CCl)N1CC=C(c2ccc3c(c2)OCCO3)CC1. The van der Waals surface area contributed by atoms with Crippen molar-refractivity contribution in [2.45, 2.75) is 12.5 Å². The molecule has 2 aliphatic rings. The number of fused-ring (bicyclic) bond motifs is 1. The highest BCUT2D eigenvalue weighted by Crippen LogP contribution is 2.34. The van der Waals surface area contributed by atoms with Gasteiger partial charge in [-0.1, -0.05) is 12.1 Å². The number of rotatable bonds is 4. The predicted molar refractivity (Wildman–Crippen MR) is 82.2 cm³/mol. The van der Waals surface area contributed by atoms with Crippen LogP contribution >= 0.6 is 11.6 Å². The Kier molecular flexibility index (Phi) is 4.46. The molecule has 2 aliphatic heterocycles. The van der Waals surface area contributed by atoms with Gasteiger partial charge in [0.05, 0.1) is 6.04 Å². The highest BCUT2D eigenvalue weighted by atomic mass is 35.5. The fraction of sp³-hybridized carbons (Fsp3) is 0.438. The van der Waals surface area contributed by atoms with E-state index in [1.54, 1.807) is 0 Å². The van der Waals surface area contributed by atoms with Gasteiger partial charge in [-0.15, -0.1) is 11.6 Å². The summed E-state index contributed by atoms with van der Waals surface area (Å²) in [6, 6.07) is 5.87. The van der Waals surface area contributed by atoms with Gasteiger partial charge in [0.1, 0.15) is 19.5 Å². The quantitative estimate of drug-likeness (QED) is 0.632. The van der Waals surface area contributed by atoms with Crippen LogP contribution in [0.25, 0.3) is 5.57 Å². The van der Waals surface area contributed by atoms with Crippen LogP contribution in [0, 0.1) is 0 Å². The summed E-state index contributed by atoms with van der Waals surface area (Å²) in [4.78, 5) is 13.1. The molecule has 0 spiro atoms. The van der Waals surface area contributed by atoms with Gasteiger partial charge in [0.2, 0.25) is 0 Å². The van der Waals surface area contributed by atoms with Crippen LogP contribution in [0.5, 0.6) is 11.5 Å². The summed E-state index contributed by atoms with van der Waals surface area (Å²) in [5, 5.41) is 0. The minimum atomic E-state index is -0.190. The lowest BCUT2D eigenvalue weighted by Crippen LogP contribution is -2.40. The van der Waals surface area contributed by atoms with Crippen molar-refractivity contribution >= 4 is 23.5 Å². The monoisotopic (exact) mass is 307 g/mol. The van der Waals surface area contributed by atoms with Crippen LogP contribution in [0.2, 0.25) is 0 Å². The third-order valence-electron chi connectivity index (χ3n) is 3.94. The highest BCUT2D eigenvalue weighted by molar-refractivity contribution is 6.19. The van der Waals surface area contributed by atoms with Gasteiger partial charge >= 0.3 is 0 Å². The minimum absolute atomic E-state index is 0.190. The Morgan fingerprint density at radius 3 is 2.76 bits per heavy atom. The van der Waals surface area contributed by atoms with Crippen molar-refractivity contribution in [3.8, 4) is 11.5 Å². The molecule has 0 fully saturated rings. The average Bonchev–Trinajstić information content (AvgIpc) is 2.56. The number of ether oxygens (including phenoxy) is 2. The fourth-order valence-electron chi connectivity index (χ4n) is 2.71. The van der Waals surface area contributed by atoms with Gasteiger partial charge in [0.25, 0.3) is 0 Å². The van der Waals surface area contributed by atoms with Crippen molar-refractivity contribution in [1.29, 1.82) is 0 Å². The number of nitrogens with zero attached hydrogens (tertiary/aromatic N) is 1. The third kappa shape index (κ3) is 3.06. The van der Waals surface area contributed by atoms with Crippen LogP contribution < -0.4 is 9.47 Å². The topological polar surface area (TPSA) is 38.8 Å². The van der Waals surface area contributed by atoms with E-state index < -0.39 is 0 Å². The number of carbonyl (C=O) groups excluding carboxylic acids is 1. The van der Waals surface area contributed by atoms with E-state index in [1.165, 1.54) is 5.57 Å². The van der Waals surface area contributed by atoms with E-state index in [1.807, 2.05) is 12.1 Å². The summed E-state index contributed by atoms with van der Waals surface area (Å²) in [6.45, 7) is 2.80. The van der Waals surface area contributed by atoms with Crippen molar-refractivity contribution in [3.63, 3.8) is 0 Å². The molecule has 0 radical (unpaired) electrons. The lowest BCUT2D eigenvalue weighted by Gasteiger charge is -2.30. The van der Waals surface area contributed by atoms with E-state index in [0.29, 0.717) is 19.1 Å². The van der Waals surface area contributed by atoms with Crippen LogP contribution in [0.15, 0.2) is 24.3 Å². The second-order valence-corrected chi connectivity index (χ2v) is 5.50. The zero-order valence-corrected chi connectivity index (χ0v) is 12.5. The van der Waals surface area contributed by atoms with E-state index in [2.05, 4.69) is 17.0 Å². The molecule has 4 nitrogen and oxygen atoms in total. The zero-order valence-electron chi connectivity index (χ0n) is 11.8. The van der Waals surface area contributed by atoms with Crippen LogP contribution in [0.3, 0.4) is 0 Å². The Labute approximate surface area is 129 Å². The third-order valence-corrected chi connectivity index (χ3v) is 4.25. The Bertz CT molecular complexity index is 558. The molecule has 0 bridgehead atoms. The first-order valence-corrected chi connectivity index (χ1v) is 7.69. The number of hydrogen-bond donors (Lipinski definition) is 0. The molecule has 0 saturated heterocycles. The molecule has 1 aromatic rings. The van der Waals surface area contributed by atoms with Gasteiger partial charge in [-0.25, -0.2) is 0 Å². The Hall–Kier alpha value is -1.52. The smallest absolute Gasteiger partial charge is 0.161 e. The van der Waals surface area contributed by atoms with Crippen LogP contribution in [0.4, 0.5) is 0 Å². The molecule has 5 heteroatoms. The second-order valence-electron chi connectivity index (χ2n) is 5.19. The lowest BCUT2D eigenvalue weighted by atomic mass is 9.98. The summed E-state index contributed by atoms with van der Waals surface area (Å²) in [5.74, 6) is 1.97. The molecular formula is C16H18ClNO3. The maximum Gasteiger partial charge on any atom is 0.161 e. The summed E-state index contributed by atoms with van der Waals surface area (Å²) in [7, 11) is 0. The largest absolute Gasteiger partial charge is 0.486 e. The number of carbonyl (C=O) groups is 1. The second kappa shape index (κ2) is 6.50.